The molecule has 0 atom stereocenters. The highest BCUT2D eigenvalue weighted by molar-refractivity contribution is 5.79. The van der Waals surface area contributed by atoms with E-state index in [1.165, 1.54) is 32.5 Å². The highest BCUT2D eigenvalue weighted by Crippen LogP contribution is 2.15. The molecule has 2 aromatic heterocycles. The van der Waals surface area contributed by atoms with Crippen LogP contribution in [0.3, 0.4) is 0 Å². The fraction of sp³-hybridized carbons (Fsp3) is 0.600. The van der Waals surface area contributed by atoms with Gasteiger partial charge in [-0.25, -0.2) is 4.98 Å². The van der Waals surface area contributed by atoms with Gasteiger partial charge in [-0.1, -0.05) is 13.0 Å². The molecule has 0 bridgehead atoms. The van der Waals surface area contributed by atoms with E-state index in [0.717, 1.165) is 49.1 Å². The minimum absolute atomic E-state index is 0.827. The second-order valence-corrected chi connectivity index (χ2v) is 7.25. The maximum Gasteiger partial charge on any atom is 0.190 e. The third kappa shape index (κ3) is 5.46. The molecule has 3 heterocycles. The number of nitrogens with one attached hydrogen (secondary N) is 2. The average molecular weight is 357 g/mol. The molecule has 26 heavy (non-hydrogen) atoms. The number of aromatic nitrogens is 2. The lowest BCUT2D eigenvalue weighted by atomic mass is 9.99. The van der Waals surface area contributed by atoms with Crippen LogP contribution < -0.4 is 10.6 Å². The number of fused-ring (bicyclic) bond motifs is 1. The number of piperidine rings is 1. The largest absolute Gasteiger partial charge is 0.356 e. The molecule has 0 aromatic carbocycles. The molecule has 0 amide bonds. The Kier molecular flexibility index (Phi) is 6.89. The van der Waals surface area contributed by atoms with Crippen LogP contribution in [-0.4, -0.2) is 60.0 Å². The van der Waals surface area contributed by atoms with Gasteiger partial charge in [0.25, 0.3) is 0 Å². The van der Waals surface area contributed by atoms with Gasteiger partial charge in [0.15, 0.2) is 5.96 Å². The molecule has 2 aromatic rings. The third-order valence-electron chi connectivity index (χ3n) is 5.13. The van der Waals surface area contributed by atoms with E-state index < -0.39 is 0 Å². The molecule has 2 N–H and O–H groups in total. The summed E-state index contributed by atoms with van der Waals surface area (Å²) in [6, 6.07) is 6.06. The number of hydrogen-bond acceptors (Lipinski definition) is 3. The average Bonchev–Trinajstić information content (AvgIpc) is 3.08. The molecule has 0 saturated carbocycles. The second-order valence-electron chi connectivity index (χ2n) is 7.25. The Bertz CT molecular complexity index is 666. The molecule has 0 spiro atoms. The highest BCUT2D eigenvalue weighted by atomic mass is 15.2. The van der Waals surface area contributed by atoms with E-state index in [4.69, 9.17) is 0 Å². The van der Waals surface area contributed by atoms with E-state index in [1.54, 1.807) is 0 Å². The molecule has 1 fully saturated rings. The zero-order chi connectivity index (χ0) is 18.2. The molecular weight excluding hydrogens is 324 g/mol. The van der Waals surface area contributed by atoms with Crippen molar-refractivity contribution in [1.82, 2.24) is 24.9 Å². The first kappa shape index (κ1) is 18.7. The van der Waals surface area contributed by atoms with Crippen LogP contribution in [0.15, 0.2) is 35.6 Å². The number of nitrogens with zero attached hydrogens (tertiary/aromatic N) is 4. The summed E-state index contributed by atoms with van der Waals surface area (Å²) in [7, 11) is 1.83. The van der Waals surface area contributed by atoms with Gasteiger partial charge < -0.3 is 19.9 Å². The maximum atomic E-state index is 4.63. The number of aliphatic imine (C=N–C) groups is 1. The monoisotopic (exact) mass is 356 g/mol. The first-order valence-electron chi connectivity index (χ1n) is 9.84. The third-order valence-corrected chi connectivity index (χ3v) is 5.13. The zero-order valence-electron chi connectivity index (χ0n) is 16.1. The zero-order valence-corrected chi connectivity index (χ0v) is 16.1. The summed E-state index contributed by atoms with van der Waals surface area (Å²) < 4.78 is 2.06. The summed E-state index contributed by atoms with van der Waals surface area (Å²) >= 11 is 0. The summed E-state index contributed by atoms with van der Waals surface area (Å²) in [4.78, 5) is 11.5. The maximum absolute atomic E-state index is 4.63. The van der Waals surface area contributed by atoms with Crippen LogP contribution in [-0.2, 0) is 6.42 Å². The number of hydrogen-bond donors (Lipinski definition) is 2. The number of pyridine rings is 1. The van der Waals surface area contributed by atoms with Crippen molar-refractivity contribution in [3.8, 4) is 0 Å². The number of likely N-dealkylation sites (tertiary alicyclic amines) is 1. The van der Waals surface area contributed by atoms with E-state index in [-0.39, 0.29) is 0 Å². The van der Waals surface area contributed by atoms with Crippen molar-refractivity contribution in [3.05, 3.63) is 36.3 Å². The van der Waals surface area contributed by atoms with Crippen LogP contribution >= 0.6 is 0 Å². The molecule has 0 radical (unpaired) electrons. The van der Waals surface area contributed by atoms with E-state index in [2.05, 4.69) is 43.0 Å². The van der Waals surface area contributed by atoms with Crippen molar-refractivity contribution in [3.63, 3.8) is 0 Å². The lowest BCUT2D eigenvalue weighted by molar-refractivity contribution is 0.191. The van der Waals surface area contributed by atoms with Gasteiger partial charge in [-0.05, 0) is 56.9 Å². The fourth-order valence-electron chi connectivity index (χ4n) is 3.43. The predicted octanol–water partition coefficient (Wildman–Crippen LogP) is 2.16. The molecule has 1 saturated heterocycles. The first-order valence-corrected chi connectivity index (χ1v) is 9.84. The Labute approximate surface area is 156 Å². The van der Waals surface area contributed by atoms with Gasteiger partial charge in [0.05, 0.1) is 5.69 Å². The minimum Gasteiger partial charge on any atom is -0.356 e. The smallest absolute Gasteiger partial charge is 0.190 e. The Hall–Kier alpha value is -2.08. The molecule has 3 rings (SSSR count). The summed E-state index contributed by atoms with van der Waals surface area (Å²) in [6.07, 6.45) is 8.85. The summed E-state index contributed by atoms with van der Waals surface area (Å²) in [6.45, 7) is 7.84. The molecule has 142 valence electrons. The summed E-state index contributed by atoms with van der Waals surface area (Å²) in [5.74, 6) is 1.78. The van der Waals surface area contributed by atoms with Gasteiger partial charge in [0.2, 0.25) is 0 Å². The van der Waals surface area contributed by atoms with Crippen molar-refractivity contribution >= 4 is 11.6 Å². The highest BCUT2D eigenvalue weighted by Gasteiger charge is 2.14. The van der Waals surface area contributed by atoms with E-state index in [9.17, 15) is 0 Å². The van der Waals surface area contributed by atoms with Crippen molar-refractivity contribution < 1.29 is 0 Å². The normalized spacial score (nSPS) is 16.9. The Morgan fingerprint density at radius 3 is 2.81 bits per heavy atom. The van der Waals surface area contributed by atoms with Crippen LogP contribution in [0.4, 0.5) is 0 Å². The van der Waals surface area contributed by atoms with Gasteiger partial charge in [0.1, 0.15) is 5.65 Å². The molecular formula is C20H32N6. The standard InChI is InChI=1S/C20H32N6/c1-17-8-14-25(15-9-17)12-5-10-22-20(21-2)23-11-7-18-16-26-13-4-3-6-19(26)24-18/h3-4,6,13,16-17H,5,7-12,14-15H2,1-2H3,(H2,21,22,23). The van der Waals surface area contributed by atoms with Crippen LogP contribution in [0.1, 0.15) is 31.9 Å². The fourth-order valence-corrected chi connectivity index (χ4v) is 3.43. The quantitative estimate of drug-likeness (QED) is 0.453. The Morgan fingerprint density at radius 1 is 1.23 bits per heavy atom. The van der Waals surface area contributed by atoms with E-state index in [0.29, 0.717) is 0 Å². The van der Waals surface area contributed by atoms with Gasteiger partial charge in [0, 0.05) is 39.0 Å². The van der Waals surface area contributed by atoms with Gasteiger partial charge in [-0.2, -0.15) is 0 Å². The lowest BCUT2D eigenvalue weighted by Crippen LogP contribution is -2.40. The Morgan fingerprint density at radius 2 is 2.04 bits per heavy atom. The van der Waals surface area contributed by atoms with Crippen molar-refractivity contribution in [2.75, 3.05) is 39.8 Å². The summed E-state index contributed by atoms with van der Waals surface area (Å²) in [5.41, 5.74) is 2.09. The number of imidazole rings is 1. The van der Waals surface area contributed by atoms with Crippen molar-refractivity contribution in [1.29, 1.82) is 0 Å². The minimum atomic E-state index is 0.827. The van der Waals surface area contributed by atoms with Crippen molar-refractivity contribution in [2.45, 2.75) is 32.6 Å². The van der Waals surface area contributed by atoms with Crippen LogP contribution in [0.25, 0.3) is 5.65 Å². The van der Waals surface area contributed by atoms with Crippen molar-refractivity contribution in [2.24, 2.45) is 10.9 Å². The molecule has 6 heteroatoms. The molecule has 0 unspecified atom stereocenters. The molecule has 1 aliphatic rings. The molecule has 6 nitrogen and oxygen atoms in total. The van der Waals surface area contributed by atoms with E-state index >= 15 is 0 Å². The topological polar surface area (TPSA) is 57.0 Å². The van der Waals surface area contributed by atoms with Gasteiger partial charge >= 0.3 is 0 Å². The Balaban J connectivity index is 1.32. The predicted molar refractivity (Wildman–Crippen MR) is 108 cm³/mol. The van der Waals surface area contributed by atoms with Crippen LogP contribution in [0.2, 0.25) is 0 Å². The van der Waals surface area contributed by atoms with Crippen LogP contribution in [0.5, 0.6) is 0 Å². The summed E-state index contributed by atoms with van der Waals surface area (Å²) in [5, 5.41) is 6.80. The second kappa shape index (κ2) is 9.57. The molecule has 1 aliphatic heterocycles. The molecule has 0 aliphatic carbocycles. The SMILES string of the molecule is CN=C(NCCCN1CCC(C)CC1)NCCc1cn2ccccc2n1. The number of guanidine groups is 1. The van der Waals surface area contributed by atoms with Crippen LogP contribution in [0, 0.1) is 5.92 Å². The van der Waals surface area contributed by atoms with Gasteiger partial charge in [-0.3, -0.25) is 4.99 Å². The number of rotatable bonds is 7. The lowest BCUT2D eigenvalue weighted by Gasteiger charge is -2.30. The van der Waals surface area contributed by atoms with E-state index in [1.807, 2.05) is 31.4 Å². The van der Waals surface area contributed by atoms with Gasteiger partial charge in [-0.15, -0.1) is 0 Å². The first-order chi connectivity index (χ1) is 12.7.